The van der Waals surface area contributed by atoms with Crippen molar-refractivity contribution in [2.45, 2.75) is 45.3 Å². The van der Waals surface area contributed by atoms with Crippen LogP contribution in [0.15, 0.2) is 12.1 Å². The molecule has 1 fully saturated rings. The average molecular weight is 293 g/mol. The highest BCUT2D eigenvalue weighted by Gasteiger charge is 2.23. The van der Waals surface area contributed by atoms with Gasteiger partial charge in [-0.3, -0.25) is 0 Å². The van der Waals surface area contributed by atoms with Gasteiger partial charge in [-0.2, -0.15) is 0 Å². The summed E-state index contributed by atoms with van der Waals surface area (Å²) in [5, 5.41) is 3.58. The lowest BCUT2D eigenvalue weighted by Crippen LogP contribution is -2.26. The fraction of sp³-hybridized carbons (Fsp3) is 0.647. The lowest BCUT2D eigenvalue weighted by molar-refractivity contribution is 0.0946. The van der Waals surface area contributed by atoms with Gasteiger partial charge in [-0.25, -0.2) is 0 Å². The molecule has 1 saturated heterocycles. The molecule has 0 amide bonds. The second-order valence-corrected chi connectivity index (χ2v) is 5.54. The molecule has 2 rings (SSSR count). The molecule has 1 heterocycles. The number of aryl methyl sites for hydroxylation is 1. The van der Waals surface area contributed by atoms with E-state index in [1.807, 2.05) is 6.07 Å². The fourth-order valence-electron chi connectivity index (χ4n) is 3.03. The van der Waals surface area contributed by atoms with Gasteiger partial charge in [0, 0.05) is 12.6 Å². The summed E-state index contributed by atoms with van der Waals surface area (Å²) in [6, 6.07) is 4.43. The average Bonchev–Trinajstić information content (AvgIpc) is 2.99. The summed E-state index contributed by atoms with van der Waals surface area (Å²) in [5.41, 5.74) is 2.49. The van der Waals surface area contributed by atoms with E-state index in [4.69, 9.17) is 14.2 Å². The van der Waals surface area contributed by atoms with E-state index in [1.165, 1.54) is 17.5 Å². The van der Waals surface area contributed by atoms with E-state index in [0.717, 1.165) is 37.5 Å². The molecule has 2 unspecified atom stereocenters. The molecule has 0 aromatic heterocycles. The molecule has 1 aliphatic rings. The maximum atomic E-state index is 5.80. The minimum Gasteiger partial charge on any atom is -0.493 e. The Morgan fingerprint density at radius 1 is 1.29 bits per heavy atom. The quantitative estimate of drug-likeness (QED) is 0.838. The SMILES string of the molecule is CCNC(CC1CCCO1)c1cc(OC)c(OC)cc1C. The molecule has 0 saturated carbocycles. The molecule has 1 aromatic carbocycles. The minimum absolute atomic E-state index is 0.290. The maximum Gasteiger partial charge on any atom is 0.161 e. The number of methoxy groups -OCH3 is 2. The van der Waals surface area contributed by atoms with Crippen LogP contribution in [0.25, 0.3) is 0 Å². The molecule has 1 aliphatic heterocycles. The normalized spacial score (nSPS) is 19.5. The van der Waals surface area contributed by atoms with E-state index < -0.39 is 0 Å². The van der Waals surface area contributed by atoms with Crippen LogP contribution in [0.5, 0.6) is 11.5 Å². The zero-order valence-electron chi connectivity index (χ0n) is 13.6. The second-order valence-electron chi connectivity index (χ2n) is 5.54. The third-order valence-corrected chi connectivity index (χ3v) is 4.12. The molecule has 4 nitrogen and oxygen atoms in total. The van der Waals surface area contributed by atoms with Crippen molar-refractivity contribution in [1.29, 1.82) is 0 Å². The molecule has 0 radical (unpaired) electrons. The van der Waals surface area contributed by atoms with E-state index in [1.54, 1.807) is 14.2 Å². The molecule has 0 bridgehead atoms. The molecule has 0 spiro atoms. The third-order valence-electron chi connectivity index (χ3n) is 4.12. The van der Waals surface area contributed by atoms with Crippen molar-refractivity contribution in [2.24, 2.45) is 0 Å². The number of benzene rings is 1. The molecule has 1 N–H and O–H groups in total. The van der Waals surface area contributed by atoms with Crippen molar-refractivity contribution < 1.29 is 14.2 Å². The number of nitrogens with one attached hydrogen (secondary N) is 1. The van der Waals surface area contributed by atoms with E-state index in [2.05, 4.69) is 25.2 Å². The first-order valence-corrected chi connectivity index (χ1v) is 7.77. The highest BCUT2D eigenvalue weighted by molar-refractivity contribution is 5.48. The van der Waals surface area contributed by atoms with Crippen LogP contribution in [0.2, 0.25) is 0 Å². The van der Waals surface area contributed by atoms with Gasteiger partial charge in [0.2, 0.25) is 0 Å². The summed E-state index contributed by atoms with van der Waals surface area (Å²) >= 11 is 0. The van der Waals surface area contributed by atoms with E-state index in [0.29, 0.717) is 6.10 Å². The first-order chi connectivity index (χ1) is 10.2. The van der Waals surface area contributed by atoms with Crippen molar-refractivity contribution in [1.82, 2.24) is 5.32 Å². The van der Waals surface area contributed by atoms with Gasteiger partial charge >= 0.3 is 0 Å². The van der Waals surface area contributed by atoms with Crippen molar-refractivity contribution >= 4 is 0 Å². The smallest absolute Gasteiger partial charge is 0.161 e. The lowest BCUT2D eigenvalue weighted by atomic mass is 9.95. The fourth-order valence-corrected chi connectivity index (χ4v) is 3.03. The number of ether oxygens (including phenoxy) is 3. The predicted octanol–water partition coefficient (Wildman–Crippen LogP) is 3.23. The number of hydrogen-bond donors (Lipinski definition) is 1. The second kappa shape index (κ2) is 7.66. The molecule has 118 valence electrons. The molecule has 4 heteroatoms. The highest BCUT2D eigenvalue weighted by atomic mass is 16.5. The summed E-state index contributed by atoms with van der Waals surface area (Å²) in [4.78, 5) is 0. The van der Waals surface area contributed by atoms with Crippen LogP contribution in [0.1, 0.15) is 43.4 Å². The van der Waals surface area contributed by atoms with Gasteiger partial charge in [0.15, 0.2) is 11.5 Å². The van der Waals surface area contributed by atoms with Crippen LogP contribution in [-0.2, 0) is 4.74 Å². The Morgan fingerprint density at radius 3 is 2.57 bits per heavy atom. The van der Waals surface area contributed by atoms with Crippen molar-refractivity contribution in [3.8, 4) is 11.5 Å². The van der Waals surface area contributed by atoms with E-state index in [9.17, 15) is 0 Å². The van der Waals surface area contributed by atoms with Crippen LogP contribution in [0, 0.1) is 6.92 Å². The summed E-state index contributed by atoms with van der Waals surface area (Å²) in [5.74, 6) is 1.57. The van der Waals surface area contributed by atoms with Gasteiger partial charge in [-0.1, -0.05) is 6.92 Å². The molecule has 2 atom stereocenters. The Morgan fingerprint density at radius 2 is 2.00 bits per heavy atom. The summed E-state index contributed by atoms with van der Waals surface area (Å²) in [7, 11) is 3.35. The Hall–Kier alpha value is -1.26. The minimum atomic E-state index is 0.290. The van der Waals surface area contributed by atoms with Gasteiger partial charge in [0.05, 0.1) is 20.3 Å². The Kier molecular flexibility index (Phi) is 5.88. The van der Waals surface area contributed by atoms with Gasteiger partial charge in [0.25, 0.3) is 0 Å². The Labute approximate surface area is 127 Å². The summed E-state index contributed by atoms with van der Waals surface area (Å²) < 4.78 is 16.6. The van der Waals surface area contributed by atoms with Gasteiger partial charge in [0.1, 0.15) is 0 Å². The van der Waals surface area contributed by atoms with Crippen molar-refractivity contribution in [3.63, 3.8) is 0 Å². The Bertz CT molecular complexity index is 456. The van der Waals surface area contributed by atoms with Crippen molar-refractivity contribution in [3.05, 3.63) is 23.3 Å². The lowest BCUT2D eigenvalue weighted by Gasteiger charge is -2.24. The Balaban J connectivity index is 2.25. The molecule has 21 heavy (non-hydrogen) atoms. The van der Waals surface area contributed by atoms with Crippen LogP contribution in [0.4, 0.5) is 0 Å². The highest BCUT2D eigenvalue weighted by Crippen LogP contribution is 2.35. The molecule has 1 aromatic rings. The number of hydrogen-bond acceptors (Lipinski definition) is 4. The van der Waals surface area contributed by atoms with Crippen LogP contribution >= 0.6 is 0 Å². The predicted molar refractivity (Wildman–Crippen MR) is 84.3 cm³/mol. The van der Waals surface area contributed by atoms with Gasteiger partial charge < -0.3 is 19.5 Å². The maximum absolute atomic E-state index is 5.80. The molecular weight excluding hydrogens is 266 g/mol. The topological polar surface area (TPSA) is 39.7 Å². The van der Waals surface area contributed by atoms with Gasteiger partial charge in [-0.05, 0) is 56.0 Å². The largest absolute Gasteiger partial charge is 0.493 e. The summed E-state index contributed by atoms with van der Waals surface area (Å²) in [6.45, 7) is 6.09. The van der Waals surface area contributed by atoms with Crippen LogP contribution in [-0.4, -0.2) is 33.5 Å². The van der Waals surface area contributed by atoms with Gasteiger partial charge in [-0.15, -0.1) is 0 Å². The first kappa shape index (κ1) is 16.1. The third kappa shape index (κ3) is 3.89. The van der Waals surface area contributed by atoms with Crippen LogP contribution < -0.4 is 14.8 Å². The first-order valence-electron chi connectivity index (χ1n) is 7.77. The van der Waals surface area contributed by atoms with Crippen molar-refractivity contribution in [2.75, 3.05) is 27.4 Å². The molecule has 0 aliphatic carbocycles. The number of rotatable bonds is 7. The molecular formula is C17H27NO3. The zero-order valence-corrected chi connectivity index (χ0v) is 13.6. The zero-order chi connectivity index (χ0) is 15.2. The van der Waals surface area contributed by atoms with E-state index >= 15 is 0 Å². The standard InChI is InChI=1S/C17H27NO3/c1-5-18-15(10-13-7-6-8-21-13)14-11-17(20-4)16(19-3)9-12(14)2/h9,11,13,15,18H,5-8,10H2,1-4H3. The van der Waals surface area contributed by atoms with Crippen LogP contribution in [0.3, 0.4) is 0 Å². The van der Waals surface area contributed by atoms with E-state index in [-0.39, 0.29) is 6.04 Å². The summed E-state index contributed by atoms with van der Waals surface area (Å²) in [6.07, 6.45) is 3.70. The monoisotopic (exact) mass is 293 g/mol.